The molecule has 0 aromatic heterocycles. The van der Waals surface area contributed by atoms with Crippen LogP contribution in [0.1, 0.15) is 0 Å². The minimum atomic E-state index is 0.558. The van der Waals surface area contributed by atoms with Crippen molar-refractivity contribution in [3.05, 3.63) is 22.8 Å². The molecule has 0 unspecified atom stereocenters. The minimum Gasteiger partial charge on any atom is -0.376 e. The molecule has 50 valence electrons. The molecule has 0 aromatic carbocycles. The lowest BCUT2D eigenvalue weighted by atomic mass is 10.2. The van der Waals surface area contributed by atoms with Gasteiger partial charge in [0.05, 0.1) is 5.03 Å². The van der Waals surface area contributed by atoms with Crippen molar-refractivity contribution in [1.82, 2.24) is 5.32 Å². The number of dihydropyridines is 1. The van der Waals surface area contributed by atoms with Gasteiger partial charge in [-0.1, -0.05) is 12.2 Å². The molecule has 0 bridgehead atoms. The topological polar surface area (TPSA) is 38.0 Å². The summed E-state index contributed by atoms with van der Waals surface area (Å²) in [6, 6.07) is 0. The second-order valence-electron chi connectivity index (χ2n) is 1.86. The Bertz CT molecular complexity index is 160. The second kappa shape index (κ2) is 2.94. The Balaban J connectivity index is 2.72. The maximum atomic E-state index is 5.40. The molecule has 1 aliphatic heterocycles. The molecular weight excluding hydrogens is 132 g/mol. The van der Waals surface area contributed by atoms with E-state index in [-0.39, 0.29) is 0 Å². The van der Waals surface area contributed by atoms with Crippen LogP contribution in [0.5, 0.6) is 0 Å². The largest absolute Gasteiger partial charge is 0.376 e. The van der Waals surface area contributed by atoms with Crippen molar-refractivity contribution in [2.75, 3.05) is 13.1 Å². The molecule has 1 heterocycles. The molecule has 0 atom stereocenters. The van der Waals surface area contributed by atoms with E-state index in [2.05, 4.69) is 17.9 Å². The van der Waals surface area contributed by atoms with Gasteiger partial charge in [-0.15, -0.1) is 12.6 Å². The van der Waals surface area contributed by atoms with Gasteiger partial charge in [0.1, 0.15) is 0 Å². The molecule has 0 fully saturated rings. The Morgan fingerprint density at radius 1 is 1.78 bits per heavy atom. The molecular formula is C6H10N2S. The average Bonchev–Trinajstić information content (AvgIpc) is 1.89. The van der Waals surface area contributed by atoms with Crippen LogP contribution >= 0.6 is 12.6 Å². The maximum Gasteiger partial charge on any atom is 0.0698 e. The smallest absolute Gasteiger partial charge is 0.0698 e. The van der Waals surface area contributed by atoms with Gasteiger partial charge in [0, 0.05) is 13.1 Å². The first kappa shape index (κ1) is 6.71. The Hall–Kier alpha value is -0.410. The van der Waals surface area contributed by atoms with E-state index in [1.165, 1.54) is 0 Å². The van der Waals surface area contributed by atoms with Gasteiger partial charge in [0.25, 0.3) is 0 Å². The van der Waals surface area contributed by atoms with Crippen LogP contribution in [0.4, 0.5) is 0 Å². The van der Waals surface area contributed by atoms with Gasteiger partial charge in [-0.2, -0.15) is 0 Å². The van der Waals surface area contributed by atoms with Crippen LogP contribution < -0.4 is 11.1 Å². The zero-order chi connectivity index (χ0) is 6.69. The van der Waals surface area contributed by atoms with Crippen LogP contribution in [0.3, 0.4) is 0 Å². The summed E-state index contributed by atoms with van der Waals surface area (Å²) >= 11 is 4.17. The molecule has 3 heteroatoms. The quantitative estimate of drug-likeness (QED) is 0.459. The Morgan fingerprint density at radius 3 is 3.00 bits per heavy atom. The SMILES string of the molecule is NCC1=C(S)NCC=C1. The highest BCUT2D eigenvalue weighted by Crippen LogP contribution is 2.08. The monoisotopic (exact) mass is 142 g/mol. The summed E-state index contributed by atoms with van der Waals surface area (Å²) in [6.07, 6.45) is 4.03. The van der Waals surface area contributed by atoms with Crippen molar-refractivity contribution >= 4 is 12.6 Å². The highest BCUT2D eigenvalue weighted by Gasteiger charge is 1.99. The highest BCUT2D eigenvalue weighted by atomic mass is 32.1. The first-order valence-corrected chi connectivity index (χ1v) is 3.32. The lowest BCUT2D eigenvalue weighted by Crippen LogP contribution is -2.18. The zero-order valence-electron chi connectivity index (χ0n) is 5.09. The average molecular weight is 142 g/mol. The van der Waals surface area contributed by atoms with Crippen LogP contribution in [0.15, 0.2) is 22.8 Å². The molecule has 0 spiro atoms. The van der Waals surface area contributed by atoms with Crippen molar-refractivity contribution in [3.8, 4) is 0 Å². The van der Waals surface area contributed by atoms with Crippen LogP contribution in [0.25, 0.3) is 0 Å². The fourth-order valence-corrected chi connectivity index (χ4v) is 0.971. The summed E-state index contributed by atoms with van der Waals surface area (Å²) in [4.78, 5) is 0. The molecule has 2 nitrogen and oxygen atoms in total. The second-order valence-corrected chi connectivity index (χ2v) is 2.31. The number of thiol groups is 1. The fourth-order valence-electron chi connectivity index (χ4n) is 0.714. The summed E-state index contributed by atoms with van der Waals surface area (Å²) in [6.45, 7) is 1.42. The van der Waals surface area contributed by atoms with Crippen molar-refractivity contribution in [2.24, 2.45) is 5.73 Å². The van der Waals surface area contributed by atoms with E-state index in [1.807, 2.05) is 12.2 Å². The first-order chi connectivity index (χ1) is 4.34. The molecule has 0 amide bonds. The lowest BCUT2D eigenvalue weighted by Gasteiger charge is -2.11. The number of nitrogens with one attached hydrogen (secondary N) is 1. The minimum absolute atomic E-state index is 0.558. The van der Waals surface area contributed by atoms with Crippen LogP contribution in [0.2, 0.25) is 0 Å². The van der Waals surface area contributed by atoms with Crippen molar-refractivity contribution in [1.29, 1.82) is 0 Å². The third-order valence-electron chi connectivity index (χ3n) is 1.23. The molecule has 0 saturated heterocycles. The van der Waals surface area contributed by atoms with E-state index in [0.717, 1.165) is 17.1 Å². The molecule has 0 saturated carbocycles. The van der Waals surface area contributed by atoms with E-state index in [9.17, 15) is 0 Å². The normalized spacial score (nSPS) is 18.0. The molecule has 0 aliphatic carbocycles. The van der Waals surface area contributed by atoms with E-state index in [4.69, 9.17) is 5.73 Å². The van der Waals surface area contributed by atoms with Crippen LogP contribution in [-0.2, 0) is 0 Å². The maximum absolute atomic E-state index is 5.40. The van der Waals surface area contributed by atoms with E-state index in [0.29, 0.717) is 6.54 Å². The van der Waals surface area contributed by atoms with Gasteiger partial charge >= 0.3 is 0 Å². The molecule has 1 rings (SSSR count). The van der Waals surface area contributed by atoms with Gasteiger partial charge in [-0.05, 0) is 5.57 Å². The molecule has 1 aliphatic rings. The lowest BCUT2D eigenvalue weighted by molar-refractivity contribution is 0.924. The predicted molar refractivity (Wildman–Crippen MR) is 42.2 cm³/mol. The molecule has 0 aromatic rings. The summed E-state index contributed by atoms with van der Waals surface area (Å²) in [7, 11) is 0. The van der Waals surface area contributed by atoms with Crippen LogP contribution in [0, 0.1) is 0 Å². The van der Waals surface area contributed by atoms with E-state index >= 15 is 0 Å². The first-order valence-electron chi connectivity index (χ1n) is 2.87. The number of rotatable bonds is 1. The van der Waals surface area contributed by atoms with E-state index in [1.54, 1.807) is 0 Å². The third-order valence-corrected chi connectivity index (χ3v) is 1.68. The van der Waals surface area contributed by atoms with Crippen LogP contribution in [-0.4, -0.2) is 13.1 Å². The van der Waals surface area contributed by atoms with Gasteiger partial charge in [-0.25, -0.2) is 0 Å². The Kier molecular flexibility index (Phi) is 2.19. The third kappa shape index (κ3) is 1.50. The van der Waals surface area contributed by atoms with Gasteiger partial charge in [0.2, 0.25) is 0 Å². The highest BCUT2D eigenvalue weighted by molar-refractivity contribution is 7.84. The van der Waals surface area contributed by atoms with Gasteiger partial charge < -0.3 is 11.1 Å². The Morgan fingerprint density at radius 2 is 2.56 bits per heavy atom. The number of nitrogens with two attached hydrogens (primary N) is 1. The van der Waals surface area contributed by atoms with Crippen molar-refractivity contribution in [2.45, 2.75) is 0 Å². The number of hydrogen-bond donors (Lipinski definition) is 3. The summed E-state index contributed by atoms with van der Waals surface area (Å²) in [5.41, 5.74) is 6.47. The molecule has 9 heavy (non-hydrogen) atoms. The summed E-state index contributed by atoms with van der Waals surface area (Å²) in [5.74, 6) is 0. The standard InChI is InChI=1S/C6H10N2S/c7-4-5-2-1-3-8-6(5)9/h1-2,8-9H,3-4,7H2. The van der Waals surface area contributed by atoms with Crippen molar-refractivity contribution in [3.63, 3.8) is 0 Å². The predicted octanol–water partition coefficient (Wildman–Crippen LogP) is 0.246. The zero-order valence-corrected chi connectivity index (χ0v) is 5.99. The summed E-state index contributed by atoms with van der Waals surface area (Å²) in [5, 5.41) is 3.96. The summed E-state index contributed by atoms with van der Waals surface area (Å²) < 4.78 is 0. The van der Waals surface area contributed by atoms with Crippen molar-refractivity contribution < 1.29 is 0 Å². The number of hydrogen-bond acceptors (Lipinski definition) is 3. The Labute approximate surface area is 60.2 Å². The molecule has 3 N–H and O–H groups in total. The van der Waals surface area contributed by atoms with Gasteiger partial charge in [0.15, 0.2) is 0 Å². The van der Waals surface area contributed by atoms with E-state index < -0.39 is 0 Å². The molecule has 0 radical (unpaired) electrons. The van der Waals surface area contributed by atoms with Gasteiger partial charge in [-0.3, -0.25) is 0 Å². The fraction of sp³-hybridized carbons (Fsp3) is 0.333.